The fraction of sp³-hybridized carbons (Fsp3) is 0.429. The Balaban J connectivity index is 2.64. The van der Waals surface area contributed by atoms with Crippen molar-refractivity contribution in [3.8, 4) is 5.75 Å². The predicted molar refractivity (Wildman–Crippen MR) is 79.5 cm³/mol. The summed E-state index contributed by atoms with van der Waals surface area (Å²) in [5.41, 5.74) is 12.4. The lowest BCUT2D eigenvalue weighted by molar-refractivity contribution is 0.288. The Kier molecular flexibility index (Phi) is 5.85. The molecule has 5 nitrogen and oxygen atoms in total. The van der Waals surface area contributed by atoms with Crippen molar-refractivity contribution in [3.05, 3.63) is 29.3 Å². The standard InChI is InChI=1S/C14H22N4O/c1-10(2)6-7-19-13-5-4-12(8-11(13)3)9-17-18-14(15)16/h4-5,8-10H,6-7H2,1-3H3,(H4,15,16,18). The molecule has 1 aromatic rings. The van der Waals surface area contributed by atoms with E-state index >= 15 is 0 Å². The molecule has 0 saturated carbocycles. The van der Waals surface area contributed by atoms with Gasteiger partial charge in [-0.2, -0.15) is 5.10 Å². The Morgan fingerprint density at radius 1 is 1.37 bits per heavy atom. The van der Waals surface area contributed by atoms with Crippen molar-refractivity contribution in [2.45, 2.75) is 27.2 Å². The van der Waals surface area contributed by atoms with Crippen molar-refractivity contribution in [1.82, 2.24) is 0 Å². The zero-order chi connectivity index (χ0) is 14.3. The Bertz CT molecular complexity index is 463. The quantitative estimate of drug-likeness (QED) is 0.467. The van der Waals surface area contributed by atoms with Gasteiger partial charge in [-0.25, -0.2) is 0 Å². The molecule has 0 aliphatic rings. The van der Waals surface area contributed by atoms with Crippen LogP contribution in [0.25, 0.3) is 0 Å². The molecule has 0 aliphatic heterocycles. The molecule has 4 N–H and O–H groups in total. The van der Waals surface area contributed by atoms with Gasteiger partial charge in [0.15, 0.2) is 0 Å². The van der Waals surface area contributed by atoms with Gasteiger partial charge in [0.25, 0.3) is 0 Å². The summed E-state index contributed by atoms with van der Waals surface area (Å²) in [5, 5.41) is 7.32. The van der Waals surface area contributed by atoms with Crippen molar-refractivity contribution in [2.75, 3.05) is 6.61 Å². The Hall–Kier alpha value is -2.04. The van der Waals surface area contributed by atoms with Crippen LogP contribution in [-0.2, 0) is 0 Å². The highest BCUT2D eigenvalue weighted by atomic mass is 16.5. The van der Waals surface area contributed by atoms with Gasteiger partial charge in [-0.1, -0.05) is 13.8 Å². The number of nitrogens with zero attached hydrogens (tertiary/aromatic N) is 2. The molecular weight excluding hydrogens is 240 g/mol. The van der Waals surface area contributed by atoms with Gasteiger partial charge in [0, 0.05) is 0 Å². The van der Waals surface area contributed by atoms with Crippen LogP contribution in [0.3, 0.4) is 0 Å². The van der Waals surface area contributed by atoms with Gasteiger partial charge in [-0.05, 0) is 48.6 Å². The number of benzene rings is 1. The zero-order valence-corrected chi connectivity index (χ0v) is 11.8. The van der Waals surface area contributed by atoms with Crippen LogP contribution in [0.5, 0.6) is 5.75 Å². The summed E-state index contributed by atoms with van der Waals surface area (Å²) < 4.78 is 5.73. The van der Waals surface area contributed by atoms with E-state index in [1.807, 2.05) is 25.1 Å². The van der Waals surface area contributed by atoms with Crippen LogP contribution in [0.1, 0.15) is 31.4 Å². The average molecular weight is 262 g/mol. The predicted octanol–water partition coefficient (Wildman–Crippen LogP) is 2.03. The molecule has 19 heavy (non-hydrogen) atoms. The van der Waals surface area contributed by atoms with Crippen LogP contribution >= 0.6 is 0 Å². The number of nitrogens with two attached hydrogens (primary N) is 2. The average Bonchev–Trinajstić information content (AvgIpc) is 2.31. The van der Waals surface area contributed by atoms with E-state index < -0.39 is 0 Å². The Morgan fingerprint density at radius 2 is 2.11 bits per heavy atom. The van der Waals surface area contributed by atoms with Crippen molar-refractivity contribution in [3.63, 3.8) is 0 Å². The maximum atomic E-state index is 5.73. The minimum Gasteiger partial charge on any atom is -0.493 e. The second-order valence-corrected chi connectivity index (χ2v) is 4.83. The van der Waals surface area contributed by atoms with Crippen LogP contribution in [0, 0.1) is 12.8 Å². The second-order valence-electron chi connectivity index (χ2n) is 4.83. The van der Waals surface area contributed by atoms with Gasteiger partial charge in [0.2, 0.25) is 5.96 Å². The van der Waals surface area contributed by atoms with E-state index in [2.05, 4.69) is 24.1 Å². The third-order valence-electron chi connectivity index (χ3n) is 2.53. The van der Waals surface area contributed by atoms with E-state index in [0.717, 1.165) is 29.9 Å². The van der Waals surface area contributed by atoms with Crippen LogP contribution in [0.2, 0.25) is 0 Å². The highest BCUT2D eigenvalue weighted by Gasteiger charge is 2.01. The largest absolute Gasteiger partial charge is 0.493 e. The van der Waals surface area contributed by atoms with Gasteiger partial charge in [-0.15, -0.1) is 5.10 Å². The molecule has 0 fully saturated rings. The monoisotopic (exact) mass is 262 g/mol. The Morgan fingerprint density at radius 3 is 2.68 bits per heavy atom. The molecule has 1 rings (SSSR count). The maximum Gasteiger partial charge on any atom is 0.211 e. The number of aryl methyl sites for hydroxylation is 1. The van der Waals surface area contributed by atoms with Crippen LogP contribution in [-0.4, -0.2) is 18.8 Å². The summed E-state index contributed by atoms with van der Waals surface area (Å²) in [6.07, 6.45) is 2.65. The first-order valence-electron chi connectivity index (χ1n) is 6.34. The van der Waals surface area contributed by atoms with Crippen LogP contribution in [0.15, 0.2) is 28.4 Å². The number of hydrogen-bond acceptors (Lipinski definition) is 3. The minimum absolute atomic E-state index is 0.0541. The molecule has 0 unspecified atom stereocenters. The molecule has 104 valence electrons. The second kappa shape index (κ2) is 7.41. The molecule has 5 heteroatoms. The summed E-state index contributed by atoms with van der Waals surface area (Å²) in [5.74, 6) is 1.49. The van der Waals surface area contributed by atoms with Gasteiger partial charge in [0.05, 0.1) is 12.8 Å². The lowest BCUT2D eigenvalue weighted by Gasteiger charge is -2.10. The fourth-order valence-electron chi connectivity index (χ4n) is 1.48. The maximum absolute atomic E-state index is 5.73. The normalized spacial score (nSPS) is 10.9. The first kappa shape index (κ1) is 15.0. The van der Waals surface area contributed by atoms with Crippen LogP contribution in [0.4, 0.5) is 0 Å². The van der Waals surface area contributed by atoms with Gasteiger partial charge in [-0.3, -0.25) is 0 Å². The summed E-state index contributed by atoms with van der Waals surface area (Å²) in [4.78, 5) is 0. The molecule has 0 radical (unpaired) electrons. The highest BCUT2D eigenvalue weighted by Crippen LogP contribution is 2.19. The highest BCUT2D eigenvalue weighted by molar-refractivity contribution is 5.82. The first-order valence-corrected chi connectivity index (χ1v) is 6.34. The Labute approximate surface area is 114 Å². The molecule has 0 spiro atoms. The van der Waals surface area contributed by atoms with Crippen molar-refractivity contribution < 1.29 is 4.74 Å². The lowest BCUT2D eigenvalue weighted by atomic mass is 10.1. The molecule has 0 heterocycles. The van der Waals surface area contributed by atoms with Crippen LogP contribution < -0.4 is 16.2 Å². The lowest BCUT2D eigenvalue weighted by Crippen LogP contribution is -2.21. The van der Waals surface area contributed by atoms with Gasteiger partial charge in [0.1, 0.15) is 5.75 Å². The molecule has 0 aromatic heterocycles. The topological polar surface area (TPSA) is 86.0 Å². The summed E-state index contributed by atoms with van der Waals surface area (Å²) in [6.45, 7) is 7.10. The molecule has 0 atom stereocenters. The number of ether oxygens (including phenoxy) is 1. The smallest absolute Gasteiger partial charge is 0.211 e. The van der Waals surface area contributed by atoms with E-state index in [-0.39, 0.29) is 5.96 Å². The molecule has 0 bridgehead atoms. The molecule has 0 aliphatic carbocycles. The van der Waals surface area contributed by atoms with E-state index in [1.54, 1.807) is 6.21 Å². The first-order chi connectivity index (χ1) is 8.99. The molecular formula is C14H22N4O. The van der Waals surface area contributed by atoms with E-state index in [1.165, 1.54) is 0 Å². The zero-order valence-electron chi connectivity index (χ0n) is 11.8. The molecule has 1 aromatic carbocycles. The molecule has 0 saturated heterocycles. The van der Waals surface area contributed by atoms with Gasteiger partial charge >= 0.3 is 0 Å². The fourth-order valence-corrected chi connectivity index (χ4v) is 1.48. The van der Waals surface area contributed by atoms with Gasteiger partial charge < -0.3 is 16.2 Å². The third-order valence-corrected chi connectivity index (χ3v) is 2.53. The van der Waals surface area contributed by atoms with Crippen molar-refractivity contribution >= 4 is 12.2 Å². The SMILES string of the molecule is Cc1cc(C=NN=C(N)N)ccc1OCCC(C)C. The number of guanidine groups is 1. The van der Waals surface area contributed by atoms with E-state index in [9.17, 15) is 0 Å². The minimum atomic E-state index is -0.0541. The summed E-state index contributed by atoms with van der Waals surface area (Å²) >= 11 is 0. The number of rotatable bonds is 6. The third kappa shape index (κ3) is 5.90. The summed E-state index contributed by atoms with van der Waals surface area (Å²) in [7, 11) is 0. The van der Waals surface area contributed by atoms with Crippen molar-refractivity contribution in [1.29, 1.82) is 0 Å². The van der Waals surface area contributed by atoms with Crippen molar-refractivity contribution in [2.24, 2.45) is 27.6 Å². The van der Waals surface area contributed by atoms with E-state index in [4.69, 9.17) is 16.2 Å². The molecule has 0 amide bonds. The summed E-state index contributed by atoms with van der Waals surface area (Å²) in [6, 6.07) is 5.84. The number of hydrogen-bond donors (Lipinski definition) is 2. The van der Waals surface area contributed by atoms with E-state index in [0.29, 0.717) is 5.92 Å².